The van der Waals surface area contributed by atoms with Crippen LogP contribution in [0, 0.1) is 0 Å². The van der Waals surface area contributed by atoms with Gasteiger partial charge in [0.15, 0.2) is 0 Å². The quantitative estimate of drug-likeness (QED) is 0.282. The van der Waals surface area contributed by atoms with E-state index in [1.165, 1.54) is 0 Å². The topological polar surface area (TPSA) is 29.5 Å². The number of hydrogen-bond acceptors (Lipinski definition) is 2. The van der Waals surface area contributed by atoms with Crippen molar-refractivity contribution in [2.24, 2.45) is 0 Å². The van der Waals surface area contributed by atoms with Gasteiger partial charge in [0.1, 0.15) is 10.0 Å². The molecular formula is C6H2Cl5NaO2. The van der Waals surface area contributed by atoms with E-state index in [2.05, 4.69) is 4.89 Å². The molecule has 0 amide bonds. The van der Waals surface area contributed by atoms with Crippen molar-refractivity contribution >= 4 is 58.0 Å². The van der Waals surface area contributed by atoms with E-state index in [1.54, 1.807) is 0 Å². The molecule has 1 aromatic rings. The van der Waals surface area contributed by atoms with Gasteiger partial charge in [-0.05, 0) is 0 Å². The SMILES string of the molecule is OOc1c(Cl)c(Cl)c(Cl)c(Cl)c1Cl.[H-].[Na+]. The van der Waals surface area contributed by atoms with Gasteiger partial charge in [0, 0.05) is 0 Å². The molecule has 2 nitrogen and oxygen atoms in total. The molecule has 0 heterocycles. The van der Waals surface area contributed by atoms with Gasteiger partial charge in [0.05, 0.1) is 15.1 Å². The summed E-state index contributed by atoms with van der Waals surface area (Å²) in [6, 6.07) is 0. The van der Waals surface area contributed by atoms with Gasteiger partial charge in [-0.3, -0.25) is 0 Å². The van der Waals surface area contributed by atoms with E-state index in [0.29, 0.717) is 0 Å². The summed E-state index contributed by atoms with van der Waals surface area (Å²) in [5, 5.41) is 8.18. The maximum absolute atomic E-state index is 8.41. The summed E-state index contributed by atoms with van der Waals surface area (Å²) < 4.78 is 0. The third-order valence-corrected chi connectivity index (χ3v) is 3.50. The van der Waals surface area contributed by atoms with Crippen LogP contribution in [0.25, 0.3) is 0 Å². The Bertz CT molecular complexity index is 333. The Labute approximate surface area is 129 Å². The van der Waals surface area contributed by atoms with Gasteiger partial charge in [0.2, 0.25) is 5.75 Å². The summed E-state index contributed by atoms with van der Waals surface area (Å²) in [4.78, 5) is 3.90. The summed E-state index contributed by atoms with van der Waals surface area (Å²) in [6.45, 7) is 0. The molecule has 0 radical (unpaired) electrons. The largest absolute Gasteiger partial charge is 1.00 e. The molecule has 0 aromatic heterocycles. The Kier molecular flexibility index (Phi) is 6.87. The van der Waals surface area contributed by atoms with Crippen LogP contribution >= 0.6 is 58.0 Å². The number of hydrogen-bond donors (Lipinski definition) is 1. The second-order valence-electron chi connectivity index (χ2n) is 1.99. The second-order valence-corrected chi connectivity index (χ2v) is 3.88. The molecule has 1 aromatic carbocycles. The number of rotatable bonds is 1. The molecule has 0 saturated heterocycles. The molecule has 0 bridgehead atoms. The summed E-state index contributed by atoms with van der Waals surface area (Å²) in [6.07, 6.45) is 0. The predicted octanol–water partition coefficient (Wildman–Crippen LogP) is 1.92. The number of benzene rings is 1. The molecule has 14 heavy (non-hydrogen) atoms. The molecule has 8 heteroatoms. The Morgan fingerprint density at radius 2 is 1.07 bits per heavy atom. The van der Waals surface area contributed by atoms with Crippen LogP contribution in [0.15, 0.2) is 0 Å². The summed E-state index contributed by atoms with van der Waals surface area (Å²) in [5.74, 6) is -0.220. The molecule has 1 rings (SSSR count). The van der Waals surface area contributed by atoms with Gasteiger partial charge >= 0.3 is 29.6 Å². The monoisotopic (exact) mass is 304 g/mol. The minimum absolute atomic E-state index is 0. The molecule has 0 aliphatic heterocycles. The van der Waals surface area contributed by atoms with Crippen molar-refractivity contribution in [1.29, 1.82) is 0 Å². The first kappa shape index (κ1) is 15.4. The van der Waals surface area contributed by atoms with Crippen molar-refractivity contribution in [3.05, 3.63) is 25.1 Å². The van der Waals surface area contributed by atoms with E-state index >= 15 is 0 Å². The van der Waals surface area contributed by atoms with Crippen LogP contribution in [0.1, 0.15) is 1.43 Å². The molecular weight excluding hydrogens is 304 g/mol. The first-order valence-corrected chi connectivity index (χ1v) is 4.72. The Morgan fingerprint density at radius 1 is 0.786 bits per heavy atom. The molecule has 0 atom stereocenters. The summed E-state index contributed by atoms with van der Waals surface area (Å²) in [5.41, 5.74) is 0. The maximum atomic E-state index is 8.41. The van der Waals surface area contributed by atoms with Crippen LogP contribution in [0.3, 0.4) is 0 Å². The van der Waals surface area contributed by atoms with E-state index in [-0.39, 0.29) is 61.8 Å². The van der Waals surface area contributed by atoms with E-state index in [1.807, 2.05) is 0 Å². The van der Waals surface area contributed by atoms with E-state index in [4.69, 9.17) is 63.3 Å². The van der Waals surface area contributed by atoms with Gasteiger partial charge in [-0.1, -0.05) is 58.0 Å². The second kappa shape index (κ2) is 6.24. The average molecular weight is 306 g/mol. The van der Waals surface area contributed by atoms with Crippen LogP contribution in [0.5, 0.6) is 5.75 Å². The minimum Gasteiger partial charge on any atom is -1.00 e. The Balaban J connectivity index is 0. The van der Waals surface area contributed by atoms with Crippen molar-refractivity contribution in [3.63, 3.8) is 0 Å². The fourth-order valence-electron chi connectivity index (χ4n) is 0.665. The maximum Gasteiger partial charge on any atom is 1.00 e. The zero-order chi connectivity index (χ0) is 10.2. The molecule has 0 unspecified atom stereocenters. The van der Waals surface area contributed by atoms with E-state index in [0.717, 1.165) is 0 Å². The fourth-order valence-corrected chi connectivity index (χ4v) is 1.85. The third kappa shape index (κ3) is 2.76. The predicted molar refractivity (Wildman–Crippen MR) is 55.9 cm³/mol. The minimum atomic E-state index is -0.220. The molecule has 0 aliphatic carbocycles. The van der Waals surface area contributed by atoms with Crippen LogP contribution in [0.2, 0.25) is 25.1 Å². The Hall–Kier alpha value is 1.43. The molecule has 0 fully saturated rings. The van der Waals surface area contributed by atoms with E-state index in [9.17, 15) is 0 Å². The molecule has 0 spiro atoms. The van der Waals surface area contributed by atoms with E-state index < -0.39 is 0 Å². The van der Waals surface area contributed by atoms with Crippen LogP contribution in [-0.4, -0.2) is 5.26 Å². The zero-order valence-corrected chi connectivity index (χ0v) is 12.5. The molecule has 1 N–H and O–H groups in total. The Morgan fingerprint density at radius 3 is 1.36 bits per heavy atom. The third-order valence-electron chi connectivity index (χ3n) is 1.26. The van der Waals surface area contributed by atoms with Gasteiger partial charge < -0.3 is 6.31 Å². The first-order valence-electron chi connectivity index (χ1n) is 2.83. The van der Waals surface area contributed by atoms with Gasteiger partial charge in [-0.2, -0.15) is 0 Å². The smallest absolute Gasteiger partial charge is 1.00 e. The van der Waals surface area contributed by atoms with Gasteiger partial charge in [-0.25, -0.2) is 5.26 Å². The summed E-state index contributed by atoms with van der Waals surface area (Å²) in [7, 11) is 0. The average Bonchev–Trinajstić information content (AvgIpc) is 2.13. The van der Waals surface area contributed by atoms with Crippen molar-refractivity contribution in [3.8, 4) is 5.75 Å². The normalized spacial score (nSPS) is 9.57. The fraction of sp³-hybridized carbons (Fsp3) is 0. The first-order chi connectivity index (χ1) is 6.00. The van der Waals surface area contributed by atoms with Crippen molar-refractivity contribution in [2.45, 2.75) is 0 Å². The molecule has 0 saturated carbocycles. The van der Waals surface area contributed by atoms with Crippen LogP contribution in [-0.2, 0) is 0 Å². The number of halogens is 5. The molecule has 74 valence electrons. The zero-order valence-electron chi connectivity index (χ0n) is 7.75. The van der Waals surface area contributed by atoms with Crippen LogP contribution < -0.4 is 34.4 Å². The van der Waals surface area contributed by atoms with Crippen molar-refractivity contribution < 1.29 is 41.1 Å². The van der Waals surface area contributed by atoms with Crippen LogP contribution in [0.4, 0.5) is 0 Å². The molecule has 0 aliphatic rings. The van der Waals surface area contributed by atoms with Crippen molar-refractivity contribution in [2.75, 3.05) is 0 Å². The summed E-state index contributed by atoms with van der Waals surface area (Å²) >= 11 is 28.2. The van der Waals surface area contributed by atoms with Crippen molar-refractivity contribution in [1.82, 2.24) is 0 Å². The van der Waals surface area contributed by atoms with Gasteiger partial charge in [-0.15, -0.1) is 0 Å². The standard InChI is InChI=1S/C6HCl5O2.Na.H/c7-1-2(8)4(10)6(13-12)5(11)3(1)9;;/h12H;;/q;+1;-1. The van der Waals surface area contributed by atoms with Gasteiger partial charge in [0.25, 0.3) is 0 Å².